The minimum atomic E-state index is -1.15. The minimum absolute atomic E-state index is 0.0698. The number of aromatic hydroxyl groups is 1. The van der Waals surface area contributed by atoms with Crippen molar-refractivity contribution in [3.8, 4) is 16.9 Å². The van der Waals surface area contributed by atoms with Crippen LogP contribution in [0.15, 0.2) is 28.7 Å². The number of hydrogen-bond acceptors (Lipinski definition) is 2. The van der Waals surface area contributed by atoms with Crippen LogP contribution in [0.25, 0.3) is 11.1 Å². The van der Waals surface area contributed by atoms with Gasteiger partial charge in [0.1, 0.15) is 17.1 Å². The number of halogens is 2. The van der Waals surface area contributed by atoms with E-state index in [1.165, 1.54) is 12.1 Å². The van der Waals surface area contributed by atoms with Gasteiger partial charge in [-0.15, -0.1) is 0 Å². The smallest absolute Gasteiger partial charge is 0.339 e. The second-order valence-electron chi connectivity index (χ2n) is 5.54. The molecule has 0 radical (unpaired) electrons. The Balaban J connectivity index is 2.34. The van der Waals surface area contributed by atoms with Crippen LogP contribution in [0.2, 0.25) is 0 Å². The zero-order chi connectivity index (χ0) is 16.0. The Morgan fingerprint density at radius 2 is 1.86 bits per heavy atom. The second-order valence-corrected chi connectivity index (χ2v) is 6.33. The number of aromatic carboxylic acids is 1. The monoisotopic (exact) mass is 364 g/mol. The van der Waals surface area contributed by atoms with Crippen molar-refractivity contribution >= 4 is 21.9 Å². The Bertz CT molecular complexity index is 765. The molecular weight excluding hydrogens is 351 g/mol. The number of hydrogen-bond donors (Lipinski definition) is 2. The molecule has 0 aromatic heterocycles. The summed E-state index contributed by atoms with van der Waals surface area (Å²) in [6.07, 6.45) is 1.98. The first kappa shape index (κ1) is 15.0. The highest BCUT2D eigenvalue weighted by Gasteiger charge is 2.33. The average Bonchev–Trinajstić information content (AvgIpc) is 3.28. The third-order valence-corrected chi connectivity index (χ3v) is 4.82. The minimum Gasteiger partial charge on any atom is -0.506 e. The Labute approximate surface area is 135 Å². The third-order valence-electron chi connectivity index (χ3n) is 4.04. The zero-order valence-corrected chi connectivity index (χ0v) is 13.4. The average molecular weight is 365 g/mol. The fourth-order valence-electron chi connectivity index (χ4n) is 2.89. The summed E-state index contributed by atoms with van der Waals surface area (Å²) in [4.78, 5) is 11.5. The van der Waals surface area contributed by atoms with Crippen LogP contribution in [0.5, 0.6) is 5.75 Å². The molecule has 1 saturated carbocycles. The van der Waals surface area contributed by atoms with Crippen LogP contribution in [0.3, 0.4) is 0 Å². The molecule has 0 saturated heterocycles. The van der Waals surface area contributed by atoms with Crippen LogP contribution in [0.4, 0.5) is 4.39 Å². The lowest BCUT2D eigenvalue weighted by atomic mass is 9.89. The molecule has 0 atom stereocenters. The number of phenols is 1. The fraction of sp³-hybridized carbons (Fsp3) is 0.235. The van der Waals surface area contributed by atoms with Crippen LogP contribution < -0.4 is 0 Å². The van der Waals surface area contributed by atoms with E-state index in [1.54, 1.807) is 19.1 Å². The van der Waals surface area contributed by atoms with Gasteiger partial charge >= 0.3 is 5.97 Å². The van der Waals surface area contributed by atoms with Crippen LogP contribution in [0.1, 0.15) is 40.2 Å². The molecule has 5 heteroatoms. The van der Waals surface area contributed by atoms with E-state index in [9.17, 15) is 19.4 Å². The first-order chi connectivity index (χ1) is 10.4. The topological polar surface area (TPSA) is 57.5 Å². The molecule has 2 N–H and O–H groups in total. The normalized spacial score (nSPS) is 14.1. The van der Waals surface area contributed by atoms with Crippen molar-refractivity contribution in [1.82, 2.24) is 0 Å². The van der Waals surface area contributed by atoms with E-state index in [0.717, 1.165) is 29.5 Å². The molecule has 0 unspecified atom stereocenters. The Morgan fingerprint density at radius 1 is 1.27 bits per heavy atom. The first-order valence-electron chi connectivity index (χ1n) is 6.96. The predicted octanol–water partition coefficient (Wildman–Crippen LogP) is 4.84. The van der Waals surface area contributed by atoms with E-state index in [4.69, 9.17) is 0 Å². The quantitative estimate of drug-likeness (QED) is 0.818. The van der Waals surface area contributed by atoms with E-state index in [1.807, 2.05) is 0 Å². The van der Waals surface area contributed by atoms with Crippen LogP contribution in [-0.4, -0.2) is 16.2 Å². The van der Waals surface area contributed by atoms with Gasteiger partial charge in [0.2, 0.25) is 0 Å². The molecular formula is C17H14BrFO3. The Morgan fingerprint density at radius 3 is 2.36 bits per heavy atom. The van der Waals surface area contributed by atoms with E-state index < -0.39 is 5.97 Å². The van der Waals surface area contributed by atoms with Gasteiger partial charge in [-0.3, -0.25) is 0 Å². The van der Waals surface area contributed by atoms with Gasteiger partial charge in [-0.1, -0.05) is 12.1 Å². The summed E-state index contributed by atoms with van der Waals surface area (Å²) >= 11 is 3.33. The van der Waals surface area contributed by atoms with Gasteiger partial charge in [-0.25, -0.2) is 9.18 Å². The molecule has 0 aliphatic heterocycles. The maximum atomic E-state index is 13.2. The molecule has 0 heterocycles. The molecule has 3 nitrogen and oxygen atoms in total. The van der Waals surface area contributed by atoms with Gasteiger partial charge in [0.15, 0.2) is 0 Å². The number of carboxylic acid groups (broad SMARTS) is 1. The molecule has 2 aromatic rings. The number of benzene rings is 2. The number of carboxylic acids is 1. The predicted molar refractivity (Wildman–Crippen MR) is 84.9 cm³/mol. The van der Waals surface area contributed by atoms with Gasteiger partial charge in [-0.2, -0.15) is 0 Å². The molecule has 3 rings (SSSR count). The van der Waals surface area contributed by atoms with Crippen molar-refractivity contribution in [1.29, 1.82) is 0 Å². The van der Waals surface area contributed by atoms with E-state index in [-0.39, 0.29) is 23.0 Å². The maximum Gasteiger partial charge on any atom is 0.339 e. The standard InChI is InChI=1S/C17H14BrFO3/c1-8-12(9-2-3-9)14(10-4-6-11(19)7-5-10)15(18)16(20)13(8)17(21)22/h4-7,9,20H,2-3H2,1H3,(H,21,22). The molecule has 0 bridgehead atoms. The zero-order valence-electron chi connectivity index (χ0n) is 11.9. The molecule has 0 amide bonds. The van der Waals surface area contributed by atoms with E-state index in [2.05, 4.69) is 15.9 Å². The van der Waals surface area contributed by atoms with Crippen molar-refractivity contribution in [2.45, 2.75) is 25.7 Å². The second kappa shape index (κ2) is 5.39. The summed E-state index contributed by atoms with van der Waals surface area (Å²) in [6, 6.07) is 5.99. The molecule has 1 fully saturated rings. The molecule has 1 aliphatic rings. The lowest BCUT2D eigenvalue weighted by Crippen LogP contribution is -2.06. The van der Waals surface area contributed by atoms with Crippen molar-refractivity contribution in [3.05, 3.63) is 51.2 Å². The van der Waals surface area contributed by atoms with Crippen LogP contribution in [0, 0.1) is 12.7 Å². The fourth-order valence-corrected chi connectivity index (χ4v) is 3.53. The number of rotatable bonds is 3. The molecule has 114 valence electrons. The Kier molecular flexibility index (Phi) is 3.68. The van der Waals surface area contributed by atoms with Crippen LogP contribution >= 0.6 is 15.9 Å². The van der Waals surface area contributed by atoms with E-state index in [0.29, 0.717) is 10.0 Å². The molecule has 2 aromatic carbocycles. The van der Waals surface area contributed by atoms with Gasteiger partial charge in [0.25, 0.3) is 0 Å². The Hall–Kier alpha value is -1.88. The van der Waals surface area contributed by atoms with Gasteiger partial charge in [-0.05, 0) is 70.4 Å². The summed E-state index contributed by atoms with van der Waals surface area (Å²) in [5.41, 5.74) is 2.94. The summed E-state index contributed by atoms with van der Waals surface area (Å²) in [5.74, 6) is -1.48. The van der Waals surface area contributed by atoms with Crippen molar-refractivity contribution in [3.63, 3.8) is 0 Å². The van der Waals surface area contributed by atoms with Gasteiger partial charge in [0.05, 0.1) is 4.47 Å². The van der Waals surface area contributed by atoms with Gasteiger partial charge in [0, 0.05) is 5.56 Å². The lowest BCUT2D eigenvalue weighted by molar-refractivity contribution is 0.0692. The molecule has 0 spiro atoms. The maximum absolute atomic E-state index is 13.2. The summed E-state index contributed by atoms with van der Waals surface area (Å²) in [5, 5.41) is 19.6. The first-order valence-corrected chi connectivity index (χ1v) is 7.75. The van der Waals surface area contributed by atoms with Crippen molar-refractivity contribution in [2.75, 3.05) is 0 Å². The number of carbonyl (C=O) groups is 1. The van der Waals surface area contributed by atoms with E-state index >= 15 is 0 Å². The van der Waals surface area contributed by atoms with Crippen molar-refractivity contribution < 1.29 is 19.4 Å². The van der Waals surface area contributed by atoms with Crippen molar-refractivity contribution in [2.24, 2.45) is 0 Å². The summed E-state index contributed by atoms with van der Waals surface area (Å²) in [6.45, 7) is 1.72. The van der Waals surface area contributed by atoms with Crippen LogP contribution in [-0.2, 0) is 0 Å². The highest BCUT2D eigenvalue weighted by atomic mass is 79.9. The third kappa shape index (κ3) is 2.39. The molecule has 1 aliphatic carbocycles. The summed E-state index contributed by atoms with van der Waals surface area (Å²) in [7, 11) is 0. The highest BCUT2D eigenvalue weighted by molar-refractivity contribution is 9.10. The largest absolute Gasteiger partial charge is 0.506 e. The lowest BCUT2D eigenvalue weighted by Gasteiger charge is -2.19. The molecule has 22 heavy (non-hydrogen) atoms. The SMILES string of the molecule is Cc1c(C(=O)O)c(O)c(Br)c(-c2ccc(F)cc2)c1C1CC1. The highest BCUT2D eigenvalue weighted by Crippen LogP contribution is 2.51. The summed E-state index contributed by atoms with van der Waals surface area (Å²) < 4.78 is 13.5. The van der Waals surface area contributed by atoms with Gasteiger partial charge < -0.3 is 10.2 Å².